The summed E-state index contributed by atoms with van der Waals surface area (Å²) < 4.78 is 44.7. The molecule has 1 unspecified atom stereocenters. The number of aromatic hydroxyl groups is 1. The number of halogens is 2. The highest BCUT2D eigenvalue weighted by Crippen LogP contribution is 2.49. The van der Waals surface area contributed by atoms with Gasteiger partial charge in [0.25, 0.3) is 0 Å². The van der Waals surface area contributed by atoms with Crippen molar-refractivity contribution in [3.63, 3.8) is 0 Å². The van der Waals surface area contributed by atoms with Crippen molar-refractivity contribution in [2.24, 2.45) is 0 Å². The number of methoxy groups -OCH3 is 1. The second-order valence-electron chi connectivity index (χ2n) is 16.0. The summed E-state index contributed by atoms with van der Waals surface area (Å²) in [5.74, 6) is 0.826. The number of fused-ring (bicyclic) bond motifs is 1. The lowest BCUT2D eigenvalue weighted by molar-refractivity contribution is -0.151. The summed E-state index contributed by atoms with van der Waals surface area (Å²) in [6, 6.07) is 23.6. The quantitative estimate of drug-likeness (QED) is 0.0789. The Labute approximate surface area is 396 Å². The van der Waals surface area contributed by atoms with Crippen LogP contribution in [0.4, 0.5) is 4.39 Å². The maximum atomic E-state index is 14.3. The Morgan fingerprint density at radius 2 is 1.70 bits per heavy atom. The van der Waals surface area contributed by atoms with Crippen LogP contribution in [-0.2, 0) is 22.6 Å². The van der Waals surface area contributed by atoms with Gasteiger partial charge in [-0.25, -0.2) is 29.1 Å². The molecule has 0 bridgehead atoms. The monoisotopic (exact) mass is 948 g/mol. The van der Waals surface area contributed by atoms with Crippen LogP contribution in [0.1, 0.15) is 23.7 Å². The lowest BCUT2D eigenvalue weighted by Crippen LogP contribution is -2.48. The second kappa shape index (κ2) is 21.5. The number of aromatic nitrogens is 4. The van der Waals surface area contributed by atoms with Gasteiger partial charge in [0, 0.05) is 61.3 Å². The van der Waals surface area contributed by atoms with Gasteiger partial charge >= 0.3 is 5.97 Å². The SMILES string of the molecule is CCOC(=O)C(Cc1cc(O)ccc1OCc1ccnc(-c2ccccc2OC)n1)Oc1ncnc2sc(-c3ccc(F)cc3)c(-c3ccc(O[C@@H](CO)CN4CCN(C)CC4)c(Cl)c3C)c12. The number of piperazine rings is 1. The number of phenolic OH excluding ortho intramolecular Hbond substituents is 1. The molecule has 67 heavy (non-hydrogen) atoms. The number of carbonyl (C=O) groups is 1. The van der Waals surface area contributed by atoms with Crippen molar-refractivity contribution in [3.8, 4) is 61.8 Å². The number of ether oxygens (including phenoxy) is 5. The van der Waals surface area contributed by atoms with Gasteiger partial charge in [-0.05, 0) is 92.2 Å². The van der Waals surface area contributed by atoms with E-state index in [9.17, 15) is 19.4 Å². The molecule has 4 aromatic carbocycles. The van der Waals surface area contributed by atoms with Crippen molar-refractivity contribution in [2.45, 2.75) is 39.1 Å². The number of aliphatic hydroxyl groups is 1. The first-order valence-corrected chi connectivity index (χ1v) is 23.0. The van der Waals surface area contributed by atoms with Crippen LogP contribution >= 0.6 is 22.9 Å². The maximum Gasteiger partial charge on any atom is 0.347 e. The lowest BCUT2D eigenvalue weighted by Gasteiger charge is -2.34. The number of hydrogen-bond acceptors (Lipinski definition) is 15. The van der Waals surface area contributed by atoms with E-state index in [1.54, 1.807) is 50.6 Å². The summed E-state index contributed by atoms with van der Waals surface area (Å²) in [7, 11) is 3.67. The number of carbonyl (C=O) groups excluding carboxylic acids is 1. The van der Waals surface area contributed by atoms with Crippen LogP contribution in [0.15, 0.2) is 97.5 Å². The topological polar surface area (TPSA) is 162 Å². The molecule has 1 aliphatic heterocycles. The Kier molecular flexibility index (Phi) is 15.1. The molecular formula is C50H50ClFN6O8S. The summed E-state index contributed by atoms with van der Waals surface area (Å²) in [5, 5.41) is 21.9. The zero-order chi connectivity index (χ0) is 47.0. The number of esters is 1. The van der Waals surface area contributed by atoms with Crippen LogP contribution < -0.4 is 18.9 Å². The van der Waals surface area contributed by atoms with Crippen molar-refractivity contribution < 1.29 is 43.1 Å². The van der Waals surface area contributed by atoms with E-state index >= 15 is 0 Å². The van der Waals surface area contributed by atoms with Crippen LogP contribution in [0, 0.1) is 12.7 Å². The molecule has 348 valence electrons. The number of thiophene rings is 1. The van der Waals surface area contributed by atoms with Gasteiger partial charge in [-0.15, -0.1) is 11.3 Å². The van der Waals surface area contributed by atoms with Gasteiger partial charge in [-0.3, -0.25) is 4.90 Å². The maximum absolute atomic E-state index is 14.3. The zero-order valence-corrected chi connectivity index (χ0v) is 39.0. The van der Waals surface area contributed by atoms with E-state index < -0.39 is 24.0 Å². The van der Waals surface area contributed by atoms with Crippen LogP contribution in [0.2, 0.25) is 5.02 Å². The predicted octanol–water partition coefficient (Wildman–Crippen LogP) is 8.42. The fourth-order valence-corrected chi connectivity index (χ4v) is 9.27. The number of para-hydroxylation sites is 1. The van der Waals surface area contributed by atoms with Crippen molar-refractivity contribution in [1.29, 1.82) is 0 Å². The van der Waals surface area contributed by atoms with E-state index in [1.807, 2.05) is 37.3 Å². The van der Waals surface area contributed by atoms with Crippen LogP contribution in [0.5, 0.6) is 28.9 Å². The molecule has 0 radical (unpaired) electrons. The molecule has 17 heteroatoms. The van der Waals surface area contributed by atoms with Gasteiger partial charge in [0.05, 0.1) is 42.0 Å². The van der Waals surface area contributed by atoms with E-state index in [-0.39, 0.29) is 37.9 Å². The normalized spacial score (nSPS) is 14.1. The smallest absolute Gasteiger partial charge is 0.347 e. The van der Waals surface area contributed by atoms with Gasteiger partial charge < -0.3 is 38.8 Å². The summed E-state index contributed by atoms with van der Waals surface area (Å²) in [4.78, 5) is 38.0. The highest BCUT2D eigenvalue weighted by atomic mass is 35.5. The van der Waals surface area contributed by atoms with E-state index in [2.05, 4.69) is 31.8 Å². The highest BCUT2D eigenvalue weighted by molar-refractivity contribution is 7.22. The molecule has 4 heterocycles. The number of hydrogen-bond donors (Lipinski definition) is 2. The molecule has 0 amide bonds. The third kappa shape index (κ3) is 10.9. The standard InChI is InChI=1S/C50H50ClFN6O8S/c1-5-63-50(61)42(25-32-24-35(60)14-16-39(32)64-28-34-18-19-53-47(56-34)38-8-6-7-9-40(38)62-4)66-48-44-43(46(67-49(44)55-29-54-48)31-10-12-33(52)13-11-31)37-15-17-41(45(51)30(37)2)65-36(27-59)26-58-22-20-57(3)21-23-58/h6-19,24,29,36,42,59-60H,5,20-23,25-28H2,1-4H3/t36-,42?/m1/s1. The highest BCUT2D eigenvalue weighted by Gasteiger charge is 2.30. The number of rotatable bonds is 18. The average molecular weight is 950 g/mol. The van der Waals surface area contributed by atoms with Crippen LogP contribution in [0.25, 0.3) is 43.2 Å². The molecule has 0 aliphatic carbocycles. The molecule has 7 aromatic rings. The average Bonchev–Trinajstić information content (AvgIpc) is 3.73. The number of benzene rings is 4. The molecule has 1 saturated heterocycles. The second-order valence-corrected chi connectivity index (χ2v) is 17.3. The van der Waals surface area contributed by atoms with Gasteiger partial charge in [-0.2, -0.15) is 0 Å². The minimum atomic E-state index is -1.28. The van der Waals surface area contributed by atoms with E-state index in [0.29, 0.717) is 78.4 Å². The molecule has 8 rings (SSSR count). The molecule has 1 fully saturated rings. The Hall–Kier alpha value is -6.43. The zero-order valence-electron chi connectivity index (χ0n) is 37.4. The molecule has 0 spiro atoms. The van der Waals surface area contributed by atoms with Gasteiger partial charge in [0.15, 0.2) is 5.82 Å². The molecule has 2 atom stereocenters. The fraction of sp³-hybridized carbons (Fsp3) is 0.300. The predicted molar refractivity (Wildman–Crippen MR) is 255 cm³/mol. The van der Waals surface area contributed by atoms with Crippen LogP contribution in [-0.4, -0.2) is 118 Å². The van der Waals surface area contributed by atoms with Crippen LogP contribution in [0.3, 0.4) is 0 Å². The van der Waals surface area contributed by atoms with Gasteiger partial charge in [0.1, 0.15) is 52.7 Å². The number of likely N-dealkylation sites (N-methyl/N-ethyl adjacent to an activating group) is 1. The minimum Gasteiger partial charge on any atom is -0.508 e. The Bertz CT molecular complexity index is 2840. The Morgan fingerprint density at radius 3 is 2.46 bits per heavy atom. The Balaban J connectivity index is 1.13. The largest absolute Gasteiger partial charge is 0.508 e. The van der Waals surface area contributed by atoms with Gasteiger partial charge in [-0.1, -0.05) is 41.9 Å². The third-order valence-corrected chi connectivity index (χ3v) is 13.0. The van der Waals surface area contributed by atoms with Crippen molar-refractivity contribution in [1.82, 2.24) is 29.7 Å². The first-order chi connectivity index (χ1) is 32.5. The van der Waals surface area contributed by atoms with Crippen molar-refractivity contribution in [2.75, 3.05) is 60.1 Å². The van der Waals surface area contributed by atoms with E-state index in [1.165, 1.54) is 41.9 Å². The lowest BCUT2D eigenvalue weighted by atomic mass is 9.96. The molecular weight excluding hydrogens is 899 g/mol. The summed E-state index contributed by atoms with van der Waals surface area (Å²) in [5.41, 5.74) is 4.45. The molecule has 2 N–H and O–H groups in total. The number of nitrogens with zero attached hydrogens (tertiary/aromatic N) is 6. The molecule has 0 saturated carbocycles. The third-order valence-electron chi connectivity index (χ3n) is 11.4. The first-order valence-electron chi connectivity index (χ1n) is 21.8. The number of aliphatic hydroxyl groups excluding tert-OH is 1. The van der Waals surface area contributed by atoms with E-state index in [0.717, 1.165) is 36.6 Å². The van der Waals surface area contributed by atoms with E-state index in [4.69, 9.17) is 40.3 Å². The van der Waals surface area contributed by atoms with Gasteiger partial charge in [0.2, 0.25) is 12.0 Å². The summed E-state index contributed by atoms with van der Waals surface area (Å²) >= 11 is 8.49. The number of phenols is 1. The summed E-state index contributed by atoms with van der Waals surface area (Å²) in [6.45, 7) is 7.59. The van der Waals surface area contributed by atoms with Crippen molar-refractivity contribution in [3.05, 3.63) is 125 Å². The summed E-state index contributed by atoms with van der Waals surface area (Å²) in [6.07, 6.45) is 1.10. The molecule has 1 aliphatic rings. The minimum absolute atomic E-state index is 0.0347. The first kappa shape index (κ1) is 47.1. The fourth-order valence-electron chi connectivity index (χ4n) is 7.91. The molecule has 14 nitrogen and oxygen atoms in total. The molecule has 3 aromatic heterocycles. The Morgan fingerprint density at radius 1 is 0.925 bits per heavy atom. The van der Waals surface area contributed by atoms with Crippen molar-refractivity contribution >= 4 is 39.1 Å².